The molecule has 5 heteroatoms. The molecule has 1 heterocycles. The SMILES string of the molecule is COc1cnn(C(C)C)c1C(N)C1(OC)CCC(C)CC1. The molecular formula is C16H29N3O2. The van der Waals surface area contributed by atoms with Crippen molar-refractivity contribution in [2.75, 3.05) is 14.2 Å². The number of nitrogens with two attached hydrogens (primary N) is 1. The van der Waals surface area contributed by atoms with Crippen molar-refractivity contribution in [2.45, 2.75) is 64.1 Å². The molecule has 1 unspecified atom stereocenters. The third-order valence-corrected chi connectivity index (χ3v) is 4.90. The normalized spacial score (nSPS) is 27.9. The van der Waals surface area contributed by atoms with Crippen molar-refractivity contribution in [3.05, 3.63) is 11.9 Å². The van der Waals surface area contributed by atoms with E-state index in [9.17, 15) is 0 Å². The number of hydrogen-bond acceptors (Lipinski definition) is 4. The van der Waals surface area contributed by atoms with E-state index in [-0.39, 0.29) is 17.7 Å². The van der Waals surface area contributed by atoms with E-state index in [4.69, 9.17) is 15.2 Å². The van der Waals surface area contributed by atoms with Gasteiger partial charge in [-0.05, 0) is 45.4 Å². The number of nitrogens with zero attached hydrogens (tertiary/aromatic N) is 2. The van der Waals surface area contributed by atoms with Crippen LogP contribution in [0.5, 0.6) is 5.75 Å². The standard InChI is InChI=1S/C16H29N3O2/c1-11(2)19-14(13(20-4)10-18-19)15(17)16(21-5)8-6-12(3)7-9-16/h10-12,15H,6-9,17H2,1-5H3. The fourth-order valence-corrected chi connectivity index (χ4v) is 3.36. The van der Waals surface area contributed by atoms with E-state index >= 15 is 0 Å². The number of methoxy groups -OCH3 is 2. The van der Waals surface area contributed by atoms with E-state index in [0.29, 0.717) is 0 Å². The van der Waals surface area contributed by atoms with Gasteiger partial charge in [0.05, 0.1) is 24.9 Å². The first-order chi connectivity index (χ1) is 9.95. The molecule has 1 aliphatic carbocycles. The van der Waals surface area contributed by atoms with Gasteiger partial charge in [-0.15, -0.1) is 0 Å². The Balaban J connectivity index is 2.37. The van der Waals surface area contributed by atoms with Crippen molar-refractivity contribution >= 4 is 0 Å². The molecule has 120 valence electrons. The van der Waals surface area contributed by atoms with Crippen molar-refractivity contribution in [3.8, 4) is 5.75 Å². The average Bonchev–Trinajstić information content (AvgIpc) is 2.91. The summed E-state index contributed by atoms with van der Waals surface area (Å²) in [5.74, 6) is 1.50. The second kappa shape index (κ2) is 6.36. The summed E-state index contributed by atoms with van der Waals surface area (Å²) in [7, 11) is 3.44. The van der Waals surface area contributed by atoms with Gasteiger partial charge >= 0.3 is 0 Å². The molecule has 0 spiro atoms. The summed E-state index contributed by atoms with van der Waals surface area (Å²) in [5.41, 5.74) is 7.29. The van der Waals surface area contributed by atoms with Crippen LogP contribution in [-0.4, -0.2) is 29.6 Å². The Bertz CT molecular complexity index is 462. The van der Waals surface area contributed by atoms with Crippen LogP contribution < -0.4 is 10.5 Å². The fourth-order valence-electron chi connectivity index (χ4n) is 3.36. The minimum Gasteiger partial charge on any atom is -0.493 e. The molecule has 1 aromatic rings. The minimum absolute atomic E-state index is 0.227. The Morgan fingerprint density at radius 2 is 1.95 bits per heavy atom. The van der Waals surface area contributed by atoms with Crippen LogP contribution in [0.4, 0.5) is 0 Å². The summed E-state index contributed by atoms with van der Waals surface area (Å²) < 4.78 is 13.4. The summed E-state index contributed by atoms with van der Waals surface area (Å²) in [4.78, 5) is 0. The Hall–Kier alpha value is -1.07. The molecule has 1 atom stereocenters. The Kier molecular flexibility index (Phi) is 4.94. The van der Waals surface area contributed by atoms with Gasteiger partial charge in [0.15, 0.2) is 5.75 Å². The molecular weight excluding hydrogens is 266 g/mol. The van der Waals surface area contributed by atoms with Gasteiger partial charge in [0.25, 0.3) is 0 Å². The topological polar surface area (TPSA) is 62.3 Å². The van der Waals surface area contributed by atoms with Gasteiger partial charge in [-0.25, -0.2) is 0 Å². The summed E-state index contributed by atoms with van der Waals surface area (Å²) in [6.45, 7) is 6.50. The third kappa shape index (κ3) is 2.94. The lowest BCUT2D eigenvalue weighted by atomic mass is 9.74. The zero-order valence-electron chi connectivity index (χ0n) is 13.9. The van der Waals surface area contributed by atoms with Gasteiger partial charge in [0.1, 0.15) is 5.69 Å². The van der Waals surface area contributed by atoms with Crippen LogP contribution in [0.25, 0.3) is 0 Å². The van der Waals surface area contributed by atoms with E-state index in [1.807, 2.05) is 4.68 Å². The van der Waals surface area contributed by atoms with Gasteiger partial charge in [0.2, 0.25) is 0 Å². The lowest BCUT2D eigenvalue weighted by Crippen LogP contribution is -2.46. The number of rotatable bonds is 5. The maximum atomic E-state index is 6.65. The lowest BCUT2D eigenvalue weighted by Gasteiger charge is -2.42. The Labute approximate surface area is 127 Å². The first-order valence-electron chi connectivity index (χ1n) is 7.87. The van der Waals surface area contributed by atoms with Gasteiger partial charge < -0.3 is 15.2 Å². The van der Waals surface area contributed by atoms with Gasteiger partial charge in [-0.2, -0.15) is 5.10 Å². The maximum absolute atomic E-state index is 6.65. The van der Waals surface area contributed by atoms with E-state index in [1.165, 1.54) is 0 Å². The highest BCUT2D eigenvalue weighted by atomic mass is 16.5. The first kappa shape index (κ1) is 16.3. The molecule has 0 aliphatic heterocycles. The van der Waals surface area contributed by atoms with E-state index in [1.54, 1.807) is 20.4 Å². The van der Waals surface area contributed by atoms with E-state index in [2.05, 4.69) is 25.9 Å². The molecule has 0 radical (unpaired) electrons. The molecule has 21 heavy (non-hydrogen) atoms. The average molecular weight is 295 g/mol. The van der Waals surface area contributed by atoms with Crippen LogP contribution in [-0.2, 0) is 4.74 Å². The minimum atomic E-state index is -0.313. The van der Waals surface area contributed by atoms with Crippen LogP contribution in [0.15, 0.2) is 6.20 Å². The monoisotopic (exact) mass is 295 g/mol. The van der Waals surface area contributed by atoms with E-state index in [0.717, 1.165) is 43.0 Å². The highest BCUT2D eigenvalue weighted by Gasteiger charge is 2.43. The molecule has 2 rings (SSSR count). The number of hydrogen-bond donors (Lipinski definition) is 1. The van der Waals surface area contributed by atoms with Crippen LogP contribution in [0.1, 0.15) is 64.2 Å². The zero-order valence-corrected chi connectivity index (χ0v) is 13.9. The predicted octanol–water partition coefficient (Wildman–Crippen LogP) is 3.07. The molecule has 0 aromatic carbocycles. The summed E-state index contributed by atoms with van der Waals surface area (Å²) >= 11 is 0. The second-order valence-electron chi connectivity index (χ2n) is 6.57. The molecule has 0 saturated heterocycles. The maximum Gasteiger partial charge on any atom is 0.161 e. The van der Waals surface area contributed by atoms with Crippen LogP contribution in [0.3, 0.4) is 0 Å². The second-order valence-corrected chi connectivity index (χ2v) is 6.57. The Morgan fingerprint density at radius 3 is 2.43 bits per heavy atom. The molecule has 1 aromatic heterocycles. The molecule has 1 saturated carbocycles. The zero-order chi connectivity index (χ0) is 15.6. The fraction of sp³-hybridized carbons (Fsp3) is 0.812. The number of aromatic nitrogens is 2. The van der Waals surface area contributed by atoms with Gasteiger partial charge in [-0.1, -0.05) is 6.92 Å². The van der Waals surface area contributed by atoms with Gasteiger partial charge in [-0.3, -0.25) is 4.68 Å². The first-order valence-corrected chi connectivity index (χ1v) is 7.87. The van der Waals surface area contributed by atoms with E-state index < -0.39 is 0 Å². The summed E-state index contributed by atoms with van der Waals surface area (Å²) in [5, 5.41) is 4.44. The molecule has 1 aliphatic rings. The van der Waals surface area contributed by atoms with Crippen molar-refractivity contribution in [1.82, 2.24) is 9.78 Å². The predicted molar refractivity (Wildman–Crippen MR) is 83.5 cm³/mol. The molecule has 5 nitrogen and oxygen atoms in total. The smallest absolute Gasteiger partial charge is 0.161 e. The Morgan fingerprint density at radius 1 is 1.33 bits per heavy atom. The van der Waals surface area contributed by atoms with Crippen LogP contribution in [0, 0.1) is 5.92 Å². The van der Waals surface area contributed by atoms with Crippen molar-refractivity contribution in [2.24, 2.45) is 11.7 Å². The van der Waals surface area contributed by atoms with Crippen LogP contribution in [0.2, 0.25) is 0 Å². The summed E-state index contributed by atoms with van der Waals surface area (Å²) in [6.07, 6.45) is 6.03. The van der Waals surface area contributed by atoms with Crippen LogP contribution >= 0.6 is 0 Å². The molecule has 2 N–H and O–H groups in total. The highest BCUT2D eigenvalue weighted by molar-refractivity contribution is 5.31. The van der Waals surface area contributed by atoms with Crippen molar-refractivity contribution < 1.29 is 9.47 Å². The van der Waals surface area contributed by atoms with Crippen molar-refractivity contribution in [1.29, 1.82) is 0 Å². The number of ether oxygens (including phenoxy) is 2. The molecule has 1 fully saturated rings. The van der Waals surface area contributed by atoms with Gasteiger partial charge in [0, 0.05) is 13.2 Å². The molecule has 0 amide bonds. The highest BCUT2D eigenvalue weighted by Crippen LogP contribution is 2.44. The lowest BCUT2D eigenvalue weighted by molar-refractivity contribution is -0.0694. The largest absolute Gasteiger partial charge is 0.493 e. The quantitative estimate of drug-likeness (QED) is 0.907. The van der Waals surface area contributed by atoms with Crippen molar-refractivity contribution in [3.63, 3.8) is 0 Å². The summed E-state index contributed by atoms with van der Waals surface area (Å²) in [6, 6.07) is 0.0150. The third-order valence-electron chi connectivity index (χ3n) is 4.90. The molecule has 0 bridgehead atoms.